The van der Waals surface area contributed by atoms with Gasteiger partial charge in [0.15, 0.2) is 0 Å². The van der Waals surface area contributed by atoms with Crippen LogP contribution >= 0.6 is 0 Å². The fraction of sp³-hybridized carbons (Fsp3) is 0.900. The first kappa shape index (κ1) is 9.69. The van der Waals surface area contributed by atoms with E-state index < -0.39 is 0 Å². The maximum Gasteiger partial charge on any atom is 0.135 e. The number of halogens is 1. The monoisotopic (exact) mass is 172 g/mol. The Kier molecular flexibility index (Phi) is 4.26. The molecule has 0 saturated heterocycles. The van der Waals surface area contributed by atoms with Gasteiger partial charge in [-0.1, -0.05) is 12.8 Å². The molecule has 1 saturated carbocycles. The molecular weight excluding hydrogens is 155 g/mol. The van der Waals surface area contributed by atoms with Gasteiger partial charge in [-0.3, -0.25) is 9.18 Å². The average molecular weight is 172 g/mol. The lowest BCUT2D eigenvalue weighted by molar-refractivity contribution is -0.124. The molecule has 0 aromatic carbocycles. The molecule has 0 bridgehead atoms. The van der Waals surface area contributed by atoms with Gasteiger partial charge in [0.1, 0.15) is 5.78 Å². The Balaban J connectivity index is 2.16. The standard InChI is InChI=1S/C10H17FO/c11-8-4-3-6-9-5-1-2-7-10(9)12/h9H,1-8H2. The summed E-state index contributed by atoms with van der Waals surface area (Å²) in [6.07, 6.45) is 6.50. The van der Waals surface area contributed by atoms with E-state index in [1.165, 1.54) is 6.42 Å². The third-order valence-corrected chi connectivity index (χ3v) is 2.62. The zero-order valence-electron chi connectivity index (χ0n) is 7.52. The highest BCUT2D eigenvalue weighted by molar-refractivity contribution is 5.81. The molecule has 1 fully saturated rings. The second kappa shape index (κ2) is 5.28. The number of alkyl halides is 1. The van der Waals surface area contributed by atoms with Crippen LogP contribution in [0.3, 0.4) is 0 Å². The fourth-order valence-corrected chi connectivity index (χ4v) is 1.85. The number of unbranched alkanes of at least 4 members (excludes halogenated alkanes) is 1. The third-order valence-electron chi connectivity index (χ3n) is 2.62. The van der Waals surface area contributed by atoms with Crippen molar-refractivity contribution >= 4 is 5.78 Å². The number of rotatable bonds is 4. The van der Waals surface area contributed by atoms with Gasteiger partial charge >= 0.3 is 0 Å². The Bertz CT molecular complexity index is 145. The van der Waals surface area contributed by atoms with Crippen molar-refractivity contribution in [2.45, 2.75) is 44.9 Å². The van der Waals surface area contributed by atoms with Gasteiger partial charge in [0.2, 0.25) is 0 Å². The predicted octanol–water partition coefficient (Wildman–Crippen LogP) is 2.89. The highest BCUT2D eigenvalue weighted by Gasteiger charge is 2.20. The van der Waals surface area contributed by atoms with Crippen molar-refractivity contribution in [1.29, 1.82) is 0 Å². The van der Waals surface area contributed by atoms with Gasteiger partial charge in [0.05, 0.1) is 6.67 Å². The van der Waals surface area contributed by atoms with Crippen LogP contribution in [0.2, 0.25) is 0 Å². The van der Waals surface area contributed by atoms with Crippen LogP contribution in [0.25, 0.3) is 0 Å². The third kappa shape index (κ3) is 2.92. The smallest absolute Gasteiger partial charge is 0.135 e. The van der Waals surface area contributed by atoms with Gasteiger partial charge in [-0.15, -0.1) is 0 Å². The van der Waals surface area contributed by atoms with Crippen molar-refractivity contribution in [1.82, 2.24) is 0 Å². The zero-order valence-corrected chi connectivity index (χ0v) is 7.52. The molecule has 0 aliphatic heterocycles. The summed E-state index contributed by atoms with van der Waals surface area (Å²) in [5.41, 5.74) is 0. The number of carbonyl (C=O) groups is 1. The lowest BCUT2D eigenvalue weighted by Crippen LogP contribution is -2.18. The van der Waals surface area contributed by atoms with E-state index in [1.54, 1.807) is 0 Å². The maximum absolute atomic E-state index is 11.8. The van der Waals surface area contributed by atoms with Crippen molar-refractivity contribution in [3.63, 3.8) is 0 Å². The number of hydrogen-bond donors (Lipinski definition) is 0. The van der Waals surface area contributed by atoms with Crippen LogP contribution in [0.1, 0.15) is 44.9 Å². The van der Waals surface area contributed by atoms with Crippen molar-refractivity contribution in [2.24, 2.45) is 5.92 Å². The second-order valence-corrected chi connectivity index (χ2v) is 3.59. The van der Waals surface area contributed by atoms with E-state index in [-0.39, 0.29) is 12.6 Å². The molecule has 0 aromatic rings. The van der Waals surface area contributed by atoms with E-state index in [2.05, 4.69) is 0 Å². The second-order valence-electron chi connectivity index (χ2n) is 3.59. The van der Waals surface area contributed by atoms with Crippen molar-refractivity contribution in [3.05, 3.63) is 0 Å². The minimum absolute atomic E-state index is 0.235. The molecule has 2 heteroatoms. The summed E-state index contributed by atoms with van der Waals surface area (Å²) < 4.78 is 11.8. The lowest BCUT2D eigenvalue weighted by atomic mass is 9.85. The Morgan fingerprint density at radius 3 is 2.83 bits per heavy atom. The fourth-order valence-electron chi connectivity index (χ4n) is 1.85. The first-order valence-corrected chi connectivity index (χ1v) is 4.93. The predicted molar refractivity (Wildman–Crippen MR) is 46.8 cm³/mol. The van der Waals surface area contributed by atoms with E-state index >= 15 is 0 Å². The maximum atomic E-state index is 11.8. The first-order chi connectivity index (χ1) is 5.84. The molecule has 1 rings (SSSR count). The summed E-state index contributed by atoms with van der Waals surface area (Å²) in [6.45, 7) is -0.235. The van der Waals surface area contributed by atoms with Crippen LogP contribution < -0.4 is 0 Å². The highest BCUT2D eigenvalue weighted by Crippen LogP contribution is 2.24. The van der Waals surface area contributed by atoms with E-state index in [0.717, 1.165) is 32.1 Å². The topological polar surface area (TPSA) is 17.1 Å². The van der Waals surface area contributed by atoms with Crippen LogP contribution in [0.5, 0.6) is 0 Å². The van der Waals surface area contributed by atoms with Crippen LogP contribution in [0.4, 0.5) is 4.39 Å². The molecular formula is C10H17FO. The number of carbonyl (C=O) groups excluding carboxylic acids is 1. The van der Waals surface area contributed by atoms with E-state index in [0.29, 0.717) is 12.2 Å². The molecule has 0 spiro atoms. The van der Waals surface area contributed by atoms with Crippen molar-refractivity contribution in [3.8, 4) is 0 Å². The molecule has 1 aliphatic carbocycles. The van der Waals surface area contributed by atoms with Gasteiger partial charge in [0.25, 0.3) is 0 Å². The Morgan fingerprint density at radius 2 is 2.17 bits per heavy atom. The van der Waals surface area contributed by atoms with Crippen LogP contribution in [0.15, 0.2) is 0 Å². The Morgan fingerprint density at radius 1 is 1.33 bits per heavy atom. The van der Waals surface area contributed by atoms with Gasteiger partial charge in [0, 0.05) is 12.3 Å². The summed E-state index contributed by atoms with van der Waals surface area (Å²) in [5.74, 6) is 0.686. The first-order valence-electron chi connectivity index (χ1n) is 4.93. The summed E-state index contributed by atoms with van der Waals surface area (Å²) in [4.78, 5) is 11.3. The molecule has 0 heterocycles. The van der Waals surface area contributed by atoms with E-state index in [1.807, 2.05) is 0 Å². The SMILES string of the molecule is O=C1CCCCC1CCCCF. The normalized spacial score (nSPS) is 24.4. The van der Waals surface area contributed by atoms with Gasteiger partial charge in [-0.05, 0) is 25.7 Å². The molecule has 0 radical (unpaired) electrons. The zero-order chi connectivity index (χ0) is 8.81. The highest BCUT2D eigenvalue weighted by atomic mass is 19.1. The van der Waals surface area contributed by atoms with Crippen LogP contribution in [0, 0.1) is 5.92 Å². The quantitative estimate of drug-likeness (QED) is 0.596. The summed E-state index contributed by atoms with van der Waals surface area (Å²) in [7, 11) is 0. The summed E-state index contributed by atoms with van der Waals surface area (Å²) in [5, 5.41) is 0. The molecule has 1 atom stereocenters. The number of Topliss-reactive ketones (excluding diaryl/α,β-unsaturated/α-hetero) is 1. The molecule has 0 N–H and O–H groups in total. The molecule has 0 amide bonds. The van der Waals surface area contributed by atoms with Gasteiger partial charge < -0.3 is 0 Å². The molecule has 0 aromatic heterocycles. The number of ketones is 1. The van der Waals surface area contributed by atoms with Crippen LogP contribution in [-0.2, 0) is 4.79 Å². The molecule has 12 heavy (non-hydrogen) atoms. The van der Waals surface area contributed by atoms with Crippen molar-refractivity contribution < 1.29 is 9.18 Å². The van der Waals surface area contributed by atoms with E-state index in [4.69, 9.17) is 0 Å². The summed E-state index contributed by atoms with van der Waals surface area (Å²) in [6, 6.07) is 0. The summed E-state index contributed by atoms with van der Waals surface area (Å²) >= 11 is 0. The average Bonchev–Trinajstić information content (AvgIpc) is 2.09. The minimum Gasteiger partial charge on any atom is -0.299 e. The van der Waals surface area contributed by atoms with Gasteiger partial charge in [-0.2, -0.15) is 0 Å². The minimum atomic E-state index is -0.235. The molecule has 1 unspecified atom stereocenters. The van der Waals surface area contributed by atoms with Crippen molar-refractivity contribution in [2.75, 3.05) is 6.67 Å². The molecule has 1 nitrogen and oxygen atoms in total. The Hall–Kier alpha value is -0.400. The molecule has 70 valence electrons. The van der Waals surface area contributed by atoms with Crippen LogP contribution in [-0.4, -0.2) is 12.5 Å². The Labute approximate surface area is 73.3 Å². The molecule has 1 aliphatic rings. The van der Waals surface area contributed by atoms with E-state index in [9.17, 15) is 9.18 Å². The lowest BCUT2D eigenvalue weighted by Gasteiger charge is -2.19. The largest absolute Gasteiger partial charge is 0.299 e. The number of hydrogen-bond acceptors (Lipinski definition) is 1. The van der Waals surface area contributed by atoms with Gasteiger partial charge in [-0.25, -0.2) is 0 Å².